The molecule has 3 unspecified atom stereocenters. The number of hydrogen-bond donors (Lipinski definition) is 0. The highest BCUT2D eigenvalue weighted by atomic mass is 16.5. The highest BCUT2D eigenvalue weighted by Gasteiger charge is 2.59. The molecule has 0 aromatic carbocycles. The molecule has 0 amide bonds. The quantitative estimate of drug-likeness (QED) is 0.616. The monoisotopic (exact) mass is 372 g/mol. The van der Waals surface area contributed by atoms with Crippen molar-refractivity contribution in [3.05, 3.63) is 11.6 Å². The Morgan fingerprint density at radius 2 is 1.93 bits per heavy atom. The number of ether oxygens (including phenoxy) is 1. The van der Waals surface area contributed by atoms with Gasteiger partial charge in [0.25, 0.3) is 0 Å². The highest BCUT2D eigenvalue weighted by Crippen LogP contribution is 2.67. The van der Waals surface area contributed by atoms with E-state index in [1.54, 1.807) is 0 Å². The van der Waals surface area contributed by atoms with Gasteiger partial charge in [-0.25, -0.2) is 0 Å². The lowest BCUT2D eigenvalue weighted by Gasteiger charge is -2.58. The largest absolute Gasteiger partial charge is 0.462 e. The maximum atomic E-state index is 12.0. The predicted molar refractivity (Wildman–Crippen MR) is 106 cm³/mol. The Balaban J connectivity index is 1.56. The van der Waals surface area contributed by atoms with Gasteiger partial charge in [0.2, 0.25) is 0 Å². The van der Waals surface area contributed by atoms with Gasteiger partial charge in [0.15, 0.2) is 5.78 Å². The molecule has 3 fully saturated rings. The van der Waals surface area contributed by atoms with E-state index in [0.29, 0.717) is 23.5 Å². The van der Waals surface area contributed by atoms with Crippen LogP contribution in [0.2, 0.25) is 0 Å². The maximum Gasteiger partial charge on any atom is 0.305 e. The zero-order chi connectivity index (χ0) is 19.4. The Morgan fingerprint density at radius 3 is 2.67 bits per heavy atom. The van der Waals surface area contributed by atoms with Crippen molar-refractivity contribution < 1.29 is 14.3 Å². The average Bonchev–Trinajstić information content (AvgIpc) is 2.99. The Bertz CT molecular complexity index is 665. The van der Waals surface area contributed by atoms with Crippen LogP contribution in [0.25, 0.3) is 0 Å². The van der Waals surface area contributed by atoms with Gasteiger partial charge in [0, 0.05) is 18.8 Å². The van der Waals surface area contributed by atoms with Gasteiger partial charge in [-0.15, -0.1) is 0 Å². The third kappa shape index (κ3) is 2.91. The molecule has 150 valence electrons. The van der Waals surface area contributed by atoms with Gasteiger partial charge < -0.3 is 4.74 Å². The van der Waals surface area contributed by atoms with Gasteiger partial charge in [0.05, 0.1) is 0 Å². The second kappa shape index (κ2) is 6.74. The number of carbonyl (C=O) groups is 2. The fourth-order valence-electron chi connectivity index (χ4n) is 7.74. The second-order valence-corrected chi connectivity index (χ2v) is 10.2. The Morgan fingerprint density at radius 1 is 1.15 bits per heavy atom. The molecule has 3 heteroatoms. The number of carbonyl (C=O) groups excluding carboxylic acids is 2. The summed E-state index contributed by atoms with van der Waals surface area (Å²) >= 11 is 0. The predicted octanol–water partition coefficient (Wildman–Crippen LogP) is 5.48. The van der Waals surface area contributed by atoms with Crippen molar-refractivity contribution in [2.24, 2.45) is 34.5 Å². The minimum Gasteiger partial charge on any atom is -0.462 e. The molecule has 27 heavy (non-hydrogen) atoms. The van der Waals surface area contributed by atoms with Crippen LogP contribution in [0.4, 0.5) is 0 Å². The lowest BCUT2D eigenvalue weighted by molar-refractivity contribution is -0.154. The van der Waals surface area contributed by atoms with Gasteiger partial charge in [-0.1, -0.05) is 26.3 Å². The lowest BCUT2D eigenvalue weighted by atomic mass is 9.46. The molecule has 3 saturated carbocycles. The van der Waals surface area contributed by atoms with Crippen LogP contribution < -0.4 is 0 Å². The van der Waals surface area contributed by atoms with Crippen LogP contribution in [-0.2, 0) is 14.3 Å². The van der Waals surface area contributed by atoms with Crippen molar-refractivity contribution in [3.8, 4) is 0 Å². The van der Waals surface area contributed by atoms with Gasteiger partial charge in [0.1, 0.15) is 6.10 Å². The topological polar surface area (TPSA) is 43.4 Å². The summed E-state index contributed by atoms with van der Waals surface area (Å²) in [5.74, 6) is 3.04. The molecule has 0 aliphatic heterocycles. The average molecular weight is 373 g/mol. The van der Waals surface area contributed by atoms with Crippen molar-refractivity contribution in [1.29, 1.82) is 0 Å². The summed E-state index contributed by atoms with van der Waals surface area (Å²) in [6, 6.07) is 0. The molecule has 4 aliphatic carbocycles. The molecule has 3 nitrogen and oxygen atoms in total. The molecule has 0 spiro atoms. The highest BCUT2D eigenvalue weighted by molar-refractivity contribution is 5.91. The summed E-state index contributed by atoms with van der Waals surface area (Å²) in [5, 5.41) is 0. The van der Waals surface area contributed by atoms with Gasteiger partial charge >= 0.3 is 5.97 Å². The normalized spacial score (nSPS) is 44.6. The Labute approximate surface area is 164 Å². The number of hydrogen-bond acceptors (Lipinski definition) is 3. The number of rotatable bonds is 3. The molecule has 4 aliphatic rings. The number of fused-ring (bicyclic) bond motifs is 5. The van der Waals surface area contributed by atoms with E-state index in [9.17, 15) is 9.59 Å². The Hall–Kier alpha value is -1.12. The van der Waals surface area contributed by atoms with E-state index in [0.717, 1.165) is 37.0 Å². The zero-order valence-electron chi connectivity index (χ0n) is 17.6. The van der Waals surface area contributed by atoms with Crippen molar-refractivity contribution >= 4 is 11.8 Å². The van der Waals surface area contributed by atoms with E-state index in [-0.39, 0.29) is 17.5 Å². The summed E-state index contributed by atoms with van der Waals surface area (Å²) < 4.78 is 5.77. The first-order valence-electron chi connectivity index (χ1n) is 11.2. The fraction of sp³-hybridized carbons (Fsp3) is 0.833. The standard InChI is InChI=1S/C24H36O3/c1-5-22(26)27-15(2)19-8-9-20-18-7-6-16-14-17(25)10-12-23(16,3)21(18)11-13-24(19,20)4/h14-15,18-21H,5-13H2,1-4H3/t15-,18?,19+,20?,21?,23-,24+/m0/s1. The summed E-state index contributed by atoms with van der Waals surface area (Å²) in [6.45, 7) is 8.93. The van der Waals surface area contributed by atoms with Crippen LogP contribution in [-0.4, -0.2) is 17.9 Å². The molecule has 0 N–H and O–H groups in total. The SMILES string of the molecule is CCC(=O)O[C@@H](C)[C@H]1CCC2C3CCC4=CC(=O)CC[C@]4(C)C3CC[C@@]21C. The first-order chi connectivity index (χ1) is 12.8. The minimum atomic E-state index is -0.0601. The molecule has 7 atom stereocenters. The van der Waals surface area contributed by atoms with Crippen molar-refractivity contribution in [2.45, 2.75) is 91.6 Å². The maximum absolute atomic E-state index is 12.0. The summed E-state index contributed by atoms with van der Waals surface area (Å²) in [4.78, 5) is 23.8. The van der Waals surface area contributed by atoms with E-state index < -0.39 is 0 Å². The fourth-order valence-corrected chi connectivity index (χ4v) is 7.74. The number of allylic oxidation sites excluding steroid dienone is 1. The first-order valence-corrected chi connectivity index (χ1v) is 11.2. The third-order valence-electron chi connectivity index (χ3n) is 9.21. The van der Waals surface area contributed by atoms with Gasteiger partial charge in [-0.2, -0.15) is 0 Å². The zero-order valence-corrected chi connectivity index (χ0v) is 17.6. The molecular weight excluding hydrogens is 336 g/mol. The molecule has 0 bridgehead atoms. The van der Waals surface area contributed by atoms with Crippen LogP contribution in [0.5, 0.6) is 0 Å². The van der Waals surface area contributed by atoms with Crippen molar-refractivity contribution in [1.82, 2.24) is 0 Å². The molecule has 0 heterocycles. The molecule has 0 saturated heterocycles. The van der Waals surface area contributed by atoms with E-state index in [4.69, 9.17) is 4.74 Å². The van der Waals surface area contributed by atoms with Crippen LogP contribution in [0.3, 0.4) is 0 Å². The molecular formula is C24H36O3. The van der Waals surface area contributed by atoms with E-state index in [1.165, 1.54) is 37.7 Å². The summed E-state index contributed by atoms with van der Waals surface area (Å²) in [5.41, 5.74) is 2.00. The van der Waals surface area contributed by atoms with E-state index in [2.05, 4.69) is 20.8 Å². The van der Waals surface area contributed by atoms with E-state index in [1.807, 2.05) is 13.0 Å². The molecule has 0 aromatic rings. The van der Waals surface area contributed by atoms with Crippen LogP contribution >= 0.6 is 0 Å². The lowest BCUT2D eigenvalue weighted by Crippen LogP contribution is -2.51. The Kier molecular flexibility index (Phi) is 4.79. The van der Waals surface area contributed by atoms with Gasteiger partial charge in [-0.05, 0) is 86.5 Å². The molecule has 0 aromatic heterocycles. The molecule has 4 rings (SSSR count). The third-order valence-corrected chi connectivity index (χ3v) is 9.21. The second-order valence-electron chi connectivity index (χ2n) is 10.2. The molecule has 0 radical (unpaired) electrons. The van der Waals surface area contributed by atoms with Crippen LogP contribution in [0, 0.1) is 34.5 Å². The minimum absolute atomic E-state index is 0.0333. The van der Waals surface area contributed by atoms with Crippen molar-refractivity contribution in [2.75, 3.05) is 0 Å². The van der Waals surface area contributed by atoms with Crippen LogP contribution in [0.1, 0.15) is 85.5 Å². The summed E-state index contributed by atoms with van der Waals surface area (Å²) in [6.07, 6.45) is 11.6. The smallest absolute Gasteiger partial charge is 0.305 e. The van der Waals surface area contributed by atoms with E-state index >= 15 is 0 Å². The number of ketones is 1. The summed E-state index contributed by atoms with van der Waals surface area (Å²) in [7, 11) is 0. The van der Waals surface area contributed by atoms with Crippen LogP contribution in [0.15, 0.2) is 11.6 Å². The first kappa shape index (κ1) is 19.2. The van der Waals surface area contributed by atoms with Gasteiger partial charge in [-0.3, -0.25) is 9.59 Å². The van der Waals surface area contributed by atoms with Crippen molar-refractivity contribution in [3.63, 3.8) is 0 Å². The number of esters is 1.